The molecule has 35 heavy (non-hydrogen) atoms. The van der Waals surface area contributed by atoms with Crippen molar-refractivity contribution in [2.24, 2.45) is 0 Å². The van der Waals surface area contributed by atoms with Crippen LogP contribution in [0, 0.1) is 17.5 Å². The van der Waals surface area contributed by atoms with Gasteiger partial charge in [0.2, 0.25) is 0 Å². The number of carbonyl (C=O) groups excluding carboxylic acids is 1. The molecule has 0 heterocycles. The van der Waals surface area contributed by atoms with Crippen LogP contribution in [0.15, 0.2) is 48.5 Å². The molecule has 0 fully saturated rings. The van der Waals surface area contributed by atoms with Crippen molar-refractivity contribution in [3.8, 4) is 17.2 Å². The Balaban J connectivity index is 0.000000269. The van der Waals surface area contributed by atoms with Crippen LogP contribution in [0.5, 0.6) is 17.2 Å². The van der Waals surface area contributed by atoms with E-state index < -0.39 is 17.5 Å². The Morgan fingerprint density at radius 1 is 0.800 bits per heavy atom. The van der Waals surface area contributed by atoms with Gasteiger partial charge in [0.1, 0.15) is 34.7 Å². The first-order chi connectivity index (χ1) is 16.6. The van der Waals surface area contributed by atoms with Gasteiger partial charge in [-0.15, -0.1) is 0 Å². The molecule has 0 atom stereocenters. The zero-order valence-corrected chi connectivity index (χ0v) is 20.6. The number of methoxy groups -OCH3 is 2. The number of rotatable bonds is 7. The van der Waals surface area contributed by atoms with Gasteiger partial charge in [0.15, 0.2) is 19.9 Å². The summed E-state index contributed by atoms with van der Waals surface area (Å²) in [7, 11) is 2.94. The van der Waals surface area contributed by atoms with Gasteiger partial charge in [-0.1, -0.05) is 34.8 Å². The molecule has 0 unspecified atom stereocenters. The molecule has 3 aromatic rings. The molecule has 0 radical (unpaired) electrons. The van der Waals surface area contributed by atoms with Gasteiger partial charge in [-0.05, 0) is 36.4 Å². The van der Waals surface area contributed by atoms with Crippen molar-refractivity contribution in [1.29, 1.82) is 0 Å². The molecule has 0 saturated carbocycles. The normalized spacial score (nSPS) is 9.83. The molecular weight excluding hydrogens is 536 g/mol. The first-order valence-electron chi connectivity index (χ1n) is 9.40. The molecule has 190 valence electrons. The van der Waals surface area contributed by atoms with E-state index >= 15 is 0 Å². The highest BCUT2D eigenvalue weighted by Gasteiger charge is 2.12. The highest BCUT2D eigenvalue weighted by molar-refractivity contribution is 6.33. The fraction of sp³-hybridized carbons (Fsp3) is 0.174. The van der Waals surface area contributed by atoms with Crippen molar-refractivity contribution in [2.45, 2.75) is 0 Å². The van der Waals surface area contributed by atoms with Crippen LogP contribution in [-0.2, 0) is 9.47 Å². The zero-order valence-electron chi connectivity index (χ0n) is 18.4. The van der Waals surface area contributed by atoms with Gasteiger partial charge in [-0.3, -0.25) is 4.79 Å². The van der Waals surface area contributed by atoms with Crippen LogP contribution in [0.2, 0.25) is 15.1 Å². The number of halogens is 6. The van der Waals surface area contributed by atoms with E-state index in [-0.39, 0.29) is 45.7 Å². The smallest absolute Gasteiger partial charge is 0.188 e. The van der Waals surface area contributed by atoms with E-state index in [0.717, 1.165) is 18.2 Å². The summed E-state index contributed by atoms with van der Waals surface area (Å²) in [4.78, 5) is 10.6. The molecule has 3 rings (SSSR count). The average Bonchev–Trinajstić information content (AvgIpc) is 2.84. The van der Waals surface area contributed by atoms with Crippen molar-refractivity contribution in [1.82, 2.24) is 0 Å². The molecule has 6 nitrogen and oxygen atoms in total. The van der Waals surface area contributed by atoms with E-state index in [1.165, 1.54) is 44.6 Å². The first kappa shape index (κ1) is 30.3. The van der Waals surface area contributed by atoms with E-state index in [1.807, 2.05) is 0 Å². The Hall–Kier alpha value is -2.69. The highest BCUT2D eigenvalue weighted by Crippen LogP contribution is 2.27. The Morgan fingerprint density at radius 2 is 1.34 bits per heavy atom. The summed E-state index contributed by atoms with van der Waals surface area (Å²) in [6.45, 7) is 0.102. The SMILES string of the molecule is COCOc1ccc(F)c(Cl)c1.COCOc1ccc(F)c(Cl)c1C=O.Oc1ccc(F)c(Cl)c1. The Bertz CT molecular complexity index is 1100. The fourth-order valence-corrected chi connectivity index (χ4v) is 2.63. The largest absolute Gasteiger partial charge is 0.508 e. The molecule has 3 aromatic carbocycles. The number of benzene rings is 3. The third kappa shape index (κ3) is 10.6. The van der Waals surface area contributed by atoms with Crippen LogP contribution in [-0.4, -0.2) is 39.2 Å². The van der Waals surface area contributed by atoms with Gasteiger partial charge in [-0.25, -0.2) is 13.2 Å². The standard InChI is InChI=1S/C9H8ClFO3.C8H8ClFO2.C6H4ClFO/c1-13-5-14-8-3-2-7(11)9(10)6(8)4-12;1-11-5-12-6-2-3-8(10)7(9)4-6;7-5-3-4(9)1-2-6(5)8/h2-4H,5H2,1H3;2-4H,5H2,1H3;1-3,9H. The summed E-state index contributed by atoms with van der Waals surface area (Å²) in [5.41, 5.74) is -0.0104. The van der Waals surface area contributed by atoms with E-state index in [9.17, 15) is 18.0 Å². The van der Waals surface area contributed by atoms with Crippen molar-refractivity contribution >= 4 is 41.1 Å². The number of aldehydes is 1. The Labute approximate surface area is 214 Å². The van der Waals surface area contributed by atoms with E-state index in [2.05, 4.69) is 9.47 Å². The summed E-state index contributed by atoms with van der Waals surface area (Å²) in [6, 6.07) is 10.1. The van der Waals surface area contributed by atoms with Crippen molar-refractivity contribution in [2.75, 3.05) is 27.8 Å². The lowest BCUT2D eigenvalue weighted by Gasteiger charge is -2.08. The number of hydrogen-bond acceptors (Lipinski definition) is 6. The van der Waals surface area contributed by atoms with Crippen LogP contribution in [0.4, 0.5) is 13.2 Å². The number of aromatic hydroxyl groups is 1. The van der Waals surface area contributed by atoms with Crippen molar-refractivity contribution < 1.29 is 42.0 Å². The lowest BCUT2D eigenvalue weighted by molar-refractivity contribution is 0.0504. The summed E-state index contributed by atoms with van der Waals surface area (Å²) in [5, 5.41) is 8.43. The Kier molecular flexibility index (Phi) is 13.9. The number of ether oxygens (including phenoxy) is 4. The summed E-state index contributed by atoms with van der Waals surface area (Å²) in [6.07, 6.45) is 0.441. The second-order valence-electron chi connectivity index (χ2n) is 6.17. The number of phenolic OH excluding ortho intramolecular Hbond substituents is 1. The quantitative estimate of drug-likeness (QED) is 0.252. The molecule has 0 aliphatic carbocycles. The number of phenols is 1. The summed E-state index contributed by atoms with van der Waals surface area (Å²) >= 11 is 16.3. The van der Waals surface area contributed by atoms with Crippen LogP contribution in [0.1, 0.15) is 10.4 Å². The maximum atomic E-state index is 12.9. The molecule has 1 N–H and O–H groups in total. The summed E-state index contributed by atoms with van der Waals surface area (Å²) < 4.78 is 57.1. The molecule has 0 bridgehead atoms. The second-order valence-corrected chi connectivity index (χ2v) is 7.36. The van der Waals surface area contributed by atoms with Gasteiger partial charge in [0.25, 0.3) is 0 Å². The maximum absolute atomic E-state index is 12.9. The number of carbonyl (C=O) groups is 1. The molecule has 0 aliphatic rings. The van der Waals surface area contributed by atoms with Crippen molar-refractivity contribution in [3.63, 3.8) is 0 Å². The van der Waals surface area contributed by atoms with Crippen LogP contribution >= 0.6 is 34.8 Å². The van der Waals surface area contributed by atoms with Gasteiger partial charge in [0.05, 0.1) is 20.6 Å². The second kappa shape index (κ2) is 16.1. The summed E-state index contributed by atoms with van der Waals surface area (Å²) in [5.74, 6) is -0.965. The molecule has 0 saturated heterocycles. The van der Waals surface area contributed by atoms with Crippen LogP contribution in [0.25, 0.3) is 0 Å². The first-order valence-corrected chi connectivity index (χ1v) is 10.5. The maximum Gasteiger partial charge on any atom is 0.188 e. The number of hydrogen-bond donors (Lipinski definition) is 1. The molecular formula is C23H20Cl3F3O6. The monoisotopic (exact) mass is 554 g/mol. The minimum Gasteiger partial charge on any atom is -0.508 e. The molecule has 0 amide bonds. The third-order valence-corrected chi connectivity index (χ3v) is 4.64. The topological polar surface area (TPSA) is 74.2 Å². The highest BCUT2D eigenvalue weighted by atomic mass is 35.5. The Morgan fingerprint density at radius 3 is 1.86 bits per heavy atom. The van der Waals surface area contributed by atoms with Gasteiger partial charge >= 0.3 is 0 Å². The molecule has 12 heteroatoms. The van der Waals surface area contributed by atoms with Gasteiger partial charge in [-0.2, -0.15) is 0 Å². The molecule has 0 spiro atoms. The zero-order chi connectivity index (χ0) is 26.4. The van der Waals surface area contributed by atoms with Crippen LogP contribution < -0.4 is 9.47 Å². The predicted octanol–water partition coefficient (Wildman–Crippen LogP) is 6.92. The van der Waals surface area contributed by atoms with Crippen molar-refractivity contribution in [3.05, 3.63) is 86.6 Å². The minimum atomic E-state index is -0.654. The molecule has 0 aromatic heterocycles. The lowest BCUT2D eigenvalue weighted by Crippen LogP contribution is -2.02. The van der Waals surface area contributed by atoms with E-state index in [1.54, 1.807) is 0 Å². The predicted molar refractivity (Wildman–Crippen MR) is 126 cm³/mol. The van der Waals surface area contributed by atoms with E-state index in [0.29, 0.717) is 12.0 Å². The van der Waals surface area contributed by atoms with Gasteiger partial charge in [0, 0.05) is 26.4 Å². The molecule has 0 aliphatic heterocycles. The van der Waals surface area contributed by atoms with Crippen LogP contribution in [0.3, 0.4) is 0 Å². The fourth-order valence-electron chi connectivity index (χ4n) is 2.09. The lowest BCUT2D eigenvalue weighted by atomic mass is 10.2. The minimum absolute atomic E-state index is 0.0104. The van der Waals surface area contributed by atoms with E-state index in [4.69, 9.17) is 49.4 Å². The average molecular weight is 556 g/mol. The third-order valence-electron chi connectivity index (χ3n) is 3.68. The van der Waals surface area contributed by atoms with Gasteiger partial charge < -0.3 is 24.1 Å².